The molecule has 1 aromatic rings. The summed E-state index contributed by atoms with van der Waals surface area (Å²) in [6.07, 6.45) is 0.856. The van der Waals surface area contributed by atoms with Crippen molar-refractivity contribution >= 4 is 11.7 Å². The van der Waals surface area contributed by atoms with E-state index in [1.165, 1.54) is 7.11 Å². The van der Waals surface area contributed by atoms with E-state index in [0.29, 0.717) is 30.1 Å². The smallest absolute Gasteiger partial charge is 0.322 e. The topological polar surface area (TPSA) is 65.4 Å². The second-order valence-corrected chi connectivity index (χ2v) is 3.71. The fraction of sp³-hybridized carbons (Fsp3) is 0.333. The number of carbonyl (C=O) groups excluding carboxylic acids is 1. The minimum atomic E-state index is -0.183. The first-order valence-corrected chi connectivity index (χ1v) is 5.40. The van der Waals surface area contributed by atoms with Gasteiger partial charge in [-0.15, -0.1) is 0 Å². The van der Waals surface area contributed by atoms with Crippen molar-refractivity contribution in [3.63, 3.8) is 0 Å². The highest BCUT2D eigenvalue weighted by molar-refractivity contribution is 5.95. The van der Waals surface area contributed by atoms with E-state index in [0.717, 1.165) is 6.42 Å². The number of amides is 2. The molecule has 0 aromatic heterocycles. The maximum Gasteiger partial charge on any atom is 0.322 e. The number of urea groups is 1. The van der Waals surface area contributed by atoms with Crippen molar-refractivity contribution in [3.8, 4) is 11.8 Å². The van der Waals surface area contributed by atoms with Crippen molar-refractivity contribution in [1.82, 2.24) is 5.32 Å². The molecule has 0 atom stereocenters. The Balaban J connectivity index is 2.48. The molecule has 1 N–H and O–H groups in total. The summed E-state index contributed by atoms with van der Waals surface area (Å²) in [6, 6.07) is 7.07. The number of nitriles is 1. The summed E-state index contributed by atoms with van der Waals surface area (Å²) in [6.45, 7) is 1.27. The quantitative estimate of drug-likeness (QED) is 0.838. The average molecular weight is 231 g/mol. The van der Waals surface area contributed by atoms with E-state index in [4.69, 9.17) is 10.00 Å². The zero-order valence-corrected chi connectivity index (χ0v) is 9.56. The highest BCUT2D eigenvalue weighted by Gasteiger charge is 2.24. The van der Waals surface area contributed by atoms with Gasteiger partial charge in [0.15, 0.2) is 0 Å². The molecule has 2 rings (SSSR count). The Bertz CT molecular complexity index is 479. The number of hydrogen-bond acceptors (Lipinski definition) is 3. The predicted molar refractivity (Wildman–Crippen MR) is 63.1 cm³/mol. The molecule has 0 radical (unpaired) electrons. The average Bonchev–Trinajstić information content (AvgIpc) is 2.38. The van der Waals surface area contributed by atoms with Crippen molar-refractivity contribution in [2.24, 2.45) is 0 Å². The Morgan fingerprint density at radius 3 is 3.00 bits per heavy atom. The van der Waals surface area contributed by atoms with Crippen LogP contribution in [0.3, 0.4) is 0 Å². The summed E-state index contributed by atoms with van der Waals surface area (Å²) in [5.74, 6) is 0.543. The lowest BCUT2D eigenvalue weighted by Crippen LogP contribution is -2.46. The van der Waals surface area contributed by atoms with Gasteiger partial charge in [-0.05, 0) is 18.6 Å². The molecule has 2 amide bonds. The predicted octanol–water partition coefficient (Wildman–Crippen LogP) is 1.49. The Morgan fingerprint density at radius 2 is 2.35 bits per heavy atom. The van der Waals surface area contributed by atoms with Crippen LogP contribution in [0.15, 0.2) is 18.2 Å². The number of rotatable bonds is 2. The number of nitrogens with one attached hydrogen (secondary N) is 1. The normalized spacial score (nSPS) is 15.1. The van der Waals surface area contributed by atoms with Gasteiger partial charge in [-0.3, -0.25) is 4.90 Å². The molecule has 0 aliphatic carbocycles. The summed E-state index contributed by atoms with van der Waals surface area (Å²) >= 11 is 0. The molecule has 17 heavy (non-hydrogen) atoms. The number of carbonyl (C=O) groups is 1. The van der Waals surface area contributed by atoms with E-state index in [1.54, 1.807) is 23.1 Å². The van der Waals surface area contributed by atoms with Crippen LogP contribution in [-0.4, -0.2) is 26.2 Å². The zero-order chi connectivity index (χ0) is 12.3. The molecule has 88 valence electrons. The second-order valence-electron chi connectivity index (χ2n) is 3.71. The van der Waals surface area contributed by atoms with Gasteiger partial charge in [0.2, 0.25) is 0 Å². The first-order valence-electron chi connectivity index (χ1n) is 5.40. The minimum absolute atomic E-state index is 0.183. The van der Waals surface area contributed by atoms with Crippen LogP contribution < -0.4 is 15.0 Å². The van der Waals surface area contributed by atoms with E-state index in [9.17, 15) is 4.79 Å². The van der Waals surface area contributed by atoms with Crippen LogP contribution in [-0.2, 0) is 0 Å². The molecule has 1 heterocycles. The van der Waals surface area contributed by atoms with Gasteiger partial charge >= 0.3 is 6.03 Å². The van der Waals surface area contributed by atoms with Gasteiger partial charge in [-0.25, -0.2) is 4.79 Å². The van der Waals surface area contributed by atoms with Crippen LogP contribution in [0.1, 0.15) is 12.0 Å². The number of anilines is 1. The molecule has 0 unspecified atom stereocenters. The van der Waals surface area contributed by atoms with E-state index >= 15 is 0 Å². The number of hydrogen-bond donors (Lipinski definition) is 1. The van der Waals surface area contributed by atoms with E-state index in [1.807, 2.05) is 0 Å². The number of nitrogens with zero attached hydrogens (tertiary/aromatic N) is 2. The lowest BCUT2D eigenvalue weighted by atomic mass is 10.1. The summed E-state index contributed by atoms with van der Waals surface area (Å²) in [5.41, 5.74) is 0.996. The molecular formula is C12H13N3O2. The number of para-hydroxylation sites is 1. The monoisotopic (exact) mass is 231 g/mol. The van der Waals surface area contributed by atoms with Crippen LogP contribution in [0, 0.1) is 11.3 Å². The van der Waals surface area contributed by atoms with Crippen molar-refractivity contribution in [2.75, 3.05) is 25.1 Å². The highest BCUT2D eigenvalue weighted by Crippen LogP contribution is 2.32. The molecule has 5 heteroatoms. The third-order valence-electron chi connectivity index (χ3n) is 2.69. The molecule has 1 aliphatic heterocycles. The van der Waals surface area contributed by atoms with Crippen molar-refractivity contribution < 1.29 is 9.53 Å². The third kappa shape index (κ3) is 2.02. The van der Waals surface area contributed by atoms with Gasteiger partial charge in [0.1, 0.15) is 17.5 Å². The molecule has 1 aliphatic rings. The second kappa shape index (κ2) is 4.74. The molecule has 0 spiro atoms. The zero-order valence-electron chi connectivity index (χ0n) is 9.56. The van der Waals surface area contributed by atoms with Gasteiger partial charge in [0, 0.05) is 13.1 Å². The van der Waals surface area contributed by atoms with Crippen LogP contribution >= 0.6 is 0 Å². The summed E-state index contributed by atoms with van der Waals surface area (Å²) in [5, 5.41) is 11.8. The van der Waals surface area contributed by atoms with Gasteiger partial charge in [-0.1, -0.05) is 6.07 Å². The van der Waals surface area contributed by atoms with E-state index in [2.05, 4.69) is 11.4 Å². The van der Waals surface area contributed by atoms with Gasteiger partial charge in [-0.2, -0.15) is 5.26 Å². The summed E-state index contributed by atoms with van der Waals surface area (Å²) in [7, 11) is 1.53. The molecular weight excluding hydrogens is 218 g/mol. The minimum Gasteiger partial charge on any atom is -0.495 e. The Morgan fingerprint density at radius 1 is 1.53 bits per heavy atom. The maximum absolute atomic E-state index is 11.8. The third-order valence-corrected chi connectivity index (χ3v) is 2.69. The number of methoxy groups -OCH3 is 1. The standard InChI is InChI=1S/C12H13N3O2/c1-17-10-5-2-4-9(8-13)11(10)15-7-3-6-14-12(15)16/h2,4-5H,3,6-7H2,1H3,(H,14,16). The van der Waals surface area contributed by atoms with Crippen molar-refractivity contribution in [2.45, 2.75) is 6.42 Å². The molecule has 1 fully saturated rings. The maximum atomic E-state index is 11.8. The lowest BCUT2D eigenvalue weighted by Gasteiger charge is -2.29. The van der Waals surface area contributed by atoms with Crippen LogP contribution in [0.2, 0.25) is 0 Å². The van der Waals surface area contributed by atoms with Crippen molar-refractivity contribution in [1.29, 1.82) is 5.26 Å². The van der Waals surface area contributed by atoms with Gasteiger partial charge in [0.25, 0.3) is 0 Å². The largest absolute Gasteiger partial charge is 0.495 e. The summed E-state index contributed by atoms with van der Waals surface area (Å²) in [4.78, 5) is 13.3. The Kier molecular flexibility index (Phi) is 3.15. The van der Waals surface area contributed by atoms with Gasteiger partial charge in [0.05, 0.1) is 12.7 Å². The molecule has 5 nitrogen and oxygen atoms in total. The molecule has 1 saturated heterocycles. The summed E-state index contributed by atoms with van der Waals surface area (Å²) < 4.78 is 5.22. The lowest BCUT2D eigenvalue weighted by molar-refractivity contribution is 0.242. The van der Waals surface area contributed by atoms with Crippen molar-refractivity contribution in [3.05, 3.63) is 23.8 Å². The van der Waals surface area contributed by atoms with Gasteiger partial charge < -0.3 is 10.1 Å². The Hall–Kier alpha value is -2.22. The SMILES string of the molecule is COc1cccc(C#N)c1N1CCCNC1=O. The molecule has 1 aromatic carbocycles. The highest BCUT2D eigenvalue weighted by atomic mass is 16.5. The molecule has 0 bridgehead atoms. The van der Waals surface area contributed by atoms with E-state index in [-0.39, 0.29) is 6.03 Å². The molecule has 0 saturated carbocycles. The van der Waals surface area contributed by atoms with Crippen LogP contribution in [0.25, 0.3) is 0 Å². The van der Waals surface area contributed by atoms with E-state index < -0.39 is 0 Å². The fourth-order valence-electron chi connectivity index (χ4n) is 1.90. The Labute approximate surface area is 99.6 Å². The first kappa shape index (κ1) is 11.3. The van der Waals surface area contributed by atoms with Crippen LogP contribution in [0.4, 0.5) is 10.5 Å². The first-order chi connectivity index (χ1) is 8.27. The van der Waals surface area contributed by atoms with Crippen LogP contribution in [0.5, 0.6) is 5.75 Å². The fourth-order valence-corrected chi connectivity index (χ4v) is 1.90. The number of ether oxygens (including phenoxy) is 1. The number of benzene rings is 1.